The van der Waals surface area contributed by atoms with E-state index < -0.39 is 0 Å². The van der Waals surface area contributed by atoms with Crippen LogP contribution in [0.4, 0.5) is 0 Å². The molecule has 2 atom stereocenters. The minimum atomic E-state index is -0.333. The molecule has 0 unspecified atom stereocenters. The fraction of sp³-hybridized carbons (Fsp3) is 0.353. The predicted molar refractivity (Wildman–Crippen MR) is 85.2 cm³/mol. The lowest BCUT2D eigenvalue weighted by molar-refractivity contribution is -0.00952. The van der Waals surface area contributed by atoms with E-state index >= 15 is 0 Å². The molecule has 2 heterocycles. The molecule has 2 N–H and O–H groups in total. The fourth-order valence-electron chi connectivity index (χ4n) is 2.73. The Labute approximate surface area is 133 Å². The molecule has 1 aromatic carbocycles. The lowest BCUT2D eigenvalue weighted by Crippen LogP contribution is -2.43. The lowest BCUT2D eigenvalue weighted by atomic mass is 9.95. The van der Waals surface area contributed by atoms with Crippen LogP contribution in [0.15, 0.2) is 41.2 Å². The Balaban J connectivity index is 1.76. The predicted octanol–water partition coefficient (Wildman–Crippen LogP) is 1.73. The average molecular weight is 313 g/mol. The van der Waals surface area contributed by atoms with Crippen molar-refractivity contribution in [3.63, 3.8) is 0 Å². The summed E-state index contributed by atoms with van der Waals surface area (Å²) in [7, 11) is 0. The normalized spacial score (nSPS) is 20.9. The molecule has 6 nitrogen and oxygen atoms in total. The molecule has 23 heavy (non-hydrogen) atoms. The van der Waals surface area contributed by atoms with Gasteiger partial charge < -0.3 is 10.1 Å². The van der Waals surface area contributed by atoms with Crippen molar-refractivity contribution in [3.8, 4) is 0 Å². The maximum Gasteiger partial charge on any atom is 0.272 e. The summed E-state index contributed by atoms with van der Waals surface area (Å²) in [6, 6.07) is 10.7. The molecule has 1 saturated heterocycles. The second-order valence-corrected chi connectivity index (χ2v) is 5.73. The van der Waals surface area contributed by atoms with Gasteiger partial charge in [-0.05, 0) is 31.4 Å². The van der Waals surface area contributed by atoms with Crippen LogP contribution in [0.2, 0.25) is 0 Å². The van der Waals surface area contributed by atoms with E-state index in [1.807, 2.05) is 31.2 Å². The largest absolute Gasteiger partial charge is 0.371 e. The van der Waals surface area contributed by atoms with Gasteiger partial charge >= 0.3 is 0 Å². The number of H-pyrrole nitrogens is 1. The van der Waals surface area contributed by atoms with Crippen molar-refractivity contribution in [2.45, 2.75) is 31.9 Å². The van der Waals surface area contributed by atoms with Crippen molar-refractivity contribution < 1.29 is 9.53 Å². The molecule has 2 aromatic rings. The third-order valence-electron chi connectivity index (χ3n) is 3.96. The zero-order chi connectivity index (χ0) is 16.2. The Morgan fingerprint density at radius 2 is 2.04 bits per heavy atom. The highest BCUT2D eigenvalue weighted by atomic mass is 16.5. The quantitative estimate of drug-likeness (QED) is 0.904. The molecule has 0 radical (unpaired) electrons. The van der Waals surface area contributed by atoms with Crippen LogP contribution < -0.4 is 10.9 Å². The van der Waals surface area contributed by atoms with Crippen molar-refractivity contribution in [2.75, 3.05) is 6.61 Å². The third kappa shape index (κ3) is 3.65. The second-order valence-electron chi connectivity index (χ2n) is 5.73. The number of aryl methyl sites for hydroxylation is 1. The zero-order valence-corrected chi connectivity index (χ0v) is 12.9. The molecule has 0 bridgehead atoms. The number of nitrogens with one attached hydrogen (secondary N) is 2. The summed E-state index contributed by atoms with van der Waals surface area (Å²) in [5, 5.41) is 9.00. The molecule has 6 heteroatoms. The fourth-order valence-corrected chi connectivity index (χ4v) is 2.73. The molecule has 1 aliphatic heterocycles. The smallest absolute Gasteiger partial charge is 0.272 e. The summed E-state index contributed by atoms with van der Waals surface area (Å²) in [6.45, 7) is 2.72. The Morgan fingerprint density at radius 3 is 2.74 bits per heavy atom. The highest BCUT2D eigenvalue weighted by molar-refractivity contribution is 5.92. The molecule has 1 fully saturated rings. The number of amides is 1. The number of hydrogen-bond acceptors (Lipinski definition) is 4. The Kier molecular flexibility index (Phi) is 4.52. The van der Waals surface area contributed by atoms with E-state index in [1.54, 1.807) is 0 Å². The molecule has 1 amide bonds. The summed E-state index contributed by atoms with van der Waals surface area (Å²) >= 11 is 0. The van der Waals surface area contributed by atoms with Crippen LogP contribution >= 0.6 is 0 Å². The van der Waals surface area contributed by atoms with Gasteiger partial charge in [-0.1, -0.05) is 29.8 Å². The molecular formula is C17H19N3O3. The number of carbonyl (C=O) groups excluding carboxylic acids is 1. The first-order valence-electron chi connectivity index (χ1n) is 7.68. The van der Waals surface area contributed by atoms with E-state index in [1.165, 1.54) is 17.7 Å². The molecule has 3 rings (SSSR count). The molecule has 0 saturated carbocycles. The second kappa shape index (κ2) is 6.75. The molecule has 0 spiro atoms. The highest BCUT2D eigenvalue weighted by Crippen LogP contribution is 2.28. The number of hydrogen-bond donors (Lipinski definition) is 2. The first-order chi connectivity index (χ1) is 11.1. The van der Waals surface area contributed by atoms with Gasteiger partial charge in [-0.3, -0.25) is 9.59 Å². The van der Waals surface area contributed by atoms with Crippen molar-refractivity contribution >= 4 is 5.91 Å². The third-order valence-corrected chi connectivity index (χ3v) is 3.96. The topological polar surface area (TPSA) is 84.1 Å². The Bertz CT molecular complexity index is 719. The van der Waals surface area contributed by atoms with Gasteiger partial charge in [0.25, 0.3) is 11.5 Å². The summed E-state index contributed by atoms with van der Waals surface area (Å²) < 4.78 is 5.88. The van der Waals surface area contributed by atoms with E-state index in [9.17, 15) is 9.59 Å². The summed E-state index contributed by atoms with van der Waals surface area (Å²) in [4.78, 5) is 23.3. The van der Waals surface area contributed by atoms with Crippen LogP contribution in [-0.4, -0.2) is 28.8 Å². The minimum Gasteiger partial charge on any atom is -0.371 e. The van der Waals surface area contributed by atoms with Gasteiger partial charge in [-0.15, -0.1) is 0 Å². The monoisotopic (exact) mass is 313 g/mol. The minimum absolute atomic E-state index is 0.118. The SMILES string of the molecule is Cc1ccc([C@H]2OCCC[C@H]2NC(=O)c2ccc(=O)[nH]n2)cc1. The average Bonchev–Trinajstić information content (AvgIpc) is 2.57. The molecule has 1 aromatic heterocycles. The van der Waals surface area contributed by atoms with Crippen LogP contribution in [0.3, 0.4) is 0 Å². The van der Waals surface area contributed by atoms with Gasteiger partial charge in [0.15, 0.2) is 0 Å². The van der Waals surface area contributed by atoms with E-state index in [0.29, 0.717) is 6.61 Å². The van der Waals surface area contributed by atoms with Gasteiger partial charge in [0.2, 0.25) is 0 Å². The van der Waals surface area contributed by atoms with Crippen LogP contribution in [0.5, 0.6) is 0 Å². The summed E-state index contributed by atoms with van der Waals surface area (Å²) in [5.74, 6) is -0.311. The number of ether oxygens (including phenoxy) is 1. The first-order valence-corrected chi connectivity index (χ1v) is 7.68. The van der Waals surface area contributed by atoms with Gasteiger partial charge in [0.1, 0.15) is 11.8 Å². The summed E-state index contributed by atoms with van der Waals surface area (Å²) in [6.07, 6.45) is 1.57. The van der Waals surface area contributed by atoms with E-state index in [0.717, 1.165) is 18.4 Å². The molecule has 120 valence electrons. The summed E-state index contributed by atoms with van der Waals surface area (Å²) in [5.41, 5.74) is 2.09. The van der Waals surface area contributed by atoms with Crippen LogP contribution in [-0.2, 0) is 4.74 Å². The van der Waals surface area contributed by atoms with Gasteiger partial charge in [-0.2, -0.15) is 5.10 Å². The van der Waals surface area contributed by atoms with Gasteiger partial charge in [0.05, 0.1) is 6.04 Å². The van der Waals surface area contributed by atoms with Crippen LogP contribution in [0, 0.1) is 6.92 Å². The van der Waals surface area contributed by atoms with Gasteiger partial charge in [0, 0.05) is 12.7 Å². The highest BCUT2D eigenvalue weighted by Gasteiger charge is 2.29. The van der Waals surface area contributed by atoms with Crippen LogP contribution in [0.1, 0.15) is 40.6 Å². The van der Waals surface area contributed by atoms with E-state index in [2.05, 4.69) is 15.5 Å². The number of aromatic nitrogens is 2. The number of aromatic amines is 1. The molecule has 0 aliphatic carbocycles. The number of nitrogens with zero attached hydrogens (tertiary/aromatic N) is 1. The molecule has 1 aliphatic rings. The van der Waals surface area contributed by atoms with Crippen molar-refractivity contribution in [1.29, 1.82) is 0 Å². The van der Waals surface area contributed by atoms with Crippen LogP contribution in [0.25, 0.3) is 0 Å². The Morgan fingerprint density at radius 1 is 1.26 bits per heavy atom. The zero-order valence-electron chi connectivity index (χ0n) is 12.9. The standard InChI is InChI=1S/C17H19N3O3/c1-11-4-6-12(7-5-11)16-13(3-2-10-23-16)18-17(22)14-8-9-15(21)20-19-14/h4-9,13,16H,2-3,10H2,1H3,(H,18,22)(H,20,21)/t13-,16-/m1/s1. The van der Waals surface area contributed by atoms with Crippen molar-refractivity contribution in [2.24, 2.45) is 0 Å². The van der Waals surface area contributed by atoms with Crippen molar-refractivity contribution in [1.82, 2.24) is 15.5 Å². The first kappa shape index (κ1) is 15.4. The lowest BCUT2D eigenvalue weighted by Gasteiger charge is -2.32. The maximum atomic E-state index is 12.3. The number of carbonyl (C=O) groups is 1. The van der Waals surface area contributed by atoms with E-state index in [-0.39, 0.29) is 29.3 Å². The number of rotatable bonds is 3. The van der Waals surface area contributed by atoms with Crippen molar-refractivity contribution in [3.05, 3.63) is 63.6 Å². The Hall–Kier alpha value is -2.47. The van der Waals surface area contributed by atoms with E-state index in [4.69, 9.17) is 4.74 Å². The number of benzene rings is 1. The maximum absolute atomic E-state index is 12.3. The molecular weight excluding hydrogens is 294 g/mol. The van der Waals surface area contributed by atoms with Gasteiger partial charge in [-0.25, -0.2) is 5.10 Å².